The fourth-order valence-electron chi connectivity index (χ4n) is 5.58. The molecule has 1 saturated carbocycles. The first-order valence-corrected chi connectivity index (χ1v) is 10.1. The number of aliphatic imine (C=N–C) groups is 1. The van der Waals surface area contributed by atoms with Crippen molar-refractivity contribution in [3.8, 4) is 17.2 Å². The van der Waals surface area contributed by atoms with Crippen LogP contribution in [-0.4, -0.2) is 30.7 Å². The van der Waals surface area contributed by atoms with Crippen molar-refractivity contribution in [1.82, 2.24) is 4.98 Å². The van der Waals surface area contributed by atoms with Crippen LogP contribution in [0.3, 0.4) is 0 Å². The molecule has 5 rings (SSSR count). The highest BCUT2D eigenvalue weighted by Gasteiger charge is 2.62. The van der Waals surface area contributed by atoms with Gasteiger partial charge in [0.2, 0.25) is 0 Å². The molecule has 2 aliphatic carbocycles. The maximum atomic E-state index is 9.28. The van der Waals surface area contributed by atoms with Crippen molar-refractivity contribution in [2.45, 2.75) is 44.2 Å². The lowest BCUT2D eigenvalue weighted by Crippen LogP contribution is -2.48. The summed E-state index contributed by atoms with van der Waals surface area (Å²) in [7, 11) is -2.49. The SMILES string of the molecule is [2H]C([2H])([2H])O[C@H]1CC[C@@]2(Cc3ccc(-c4cncc(C#N)c4)cc3[C@]23N=C(N)OC3([2H])[2H])C[C@@H]1C. The number of hydrogen-bond acceptors (Lipinski definition) is 6. The zero-order valence-electron chi connectivity index (χ0n) is 21.7. The minimum absolute atomic E-state index is 0.140. The average molecular weight is 408 g/mol. The number of fused-ring (bicyclic) bond motifs is 3. The summed E-state index contributed by atoms with van der Waals surface area (Å²) in [4.78, 5) is 8.83. The molecule has 0 saturated heterocycles. The van der Waals surface area contributed by atoms with Crippen LogP contribution in [0, 0.1) is 22.7 Å². The lowest BCUT2D eigenvalue weighted by Gasteiger charge is -2.47. The Kier molecular flexibility index (Phi) is 3.22. The molecule has 1 fully saturated rings. The van der Waals surface area contributed by atoms with Gasteiger partial charge in [-0.15, -0.1) is 0 Å². The van der Waals surface area contributed by atoms with Crippen molar-refractivity contribution in [3.63, 3.8) is 0 Å². The fourth-order valence-corrected chi connectivity index (χ4v) is 5.58. The summed E-state index contributed by atoms with van der Waals surface area (Å²) in [6, 6.07) is 9.45. The van der Waals surface area contributed by atoms with Crippen LogP contribution in [0.5, 0.6) is 0 Å². The van der Waals surface area contributed by atoms with Gasteiger partial charge in [0.1, 0.15) is 18.2 Å². The molecule has 0 unspecified atom stereocenters. The van der Waals surface area contributed by atoms with E-state index in [2.05, 4.69) is 16.0 Å². The third-order valence-electron chi connectivity index (χ3n) is 6.98. The molecule has 2 spiro atoms. The van der Waals surface area contributed by atoms with E-state index in [1.54, 1.807) is 12.3 Å². The molecule has 0 radical (unpaired) electrons. The van der Waals surface area contributed by atoms with Crippen LogP contribution in [-0.2, 0) is 21.4 Å². The van der Waals surface area contributed by atoms with Crippen molar-refractivity contribution < 1.29 is 16.3 Å². The maximum absolute atomic E-state index is 9.28. The Morgan fingerprint density at radius 3 is 3.00 bits per heavy atom. The molecule has 3 aliphatic rings. The number of amidine groups is 1. The molecule has 0 amide bonds. The Morgan fingerprint density at radius 1 is 1.37 bits per heavy atom. The lowest BCUT2D eigenvalue weighted by molar-refractivity contribution is -0.0445. The number of nitriles is 1. The quantitative estimate of drug-likeness (QED) is 0.822. The molecule has 4 atom stereocenters. The predicted octanol–water partition coefficient (Wildman–Crippen LogP) is 3.54. The Balaban J connectivity index is 1.62. The zero-order valence-corrected chi connectivity index (χ0v) is 16.7. The van der Waals surface area contributed by atoms with Crippen molar-refractivity contribution in [3.05, 3.63) is 53.3 Å². The summed E-state index contributed by atoms with van der Waals surface area (Å²) < 4.78 is 51.3. The summed E-state index contributed by atoms with van der Waals surface area (Å²) in [6.45, 7) is -0.262. The third kappa shape index (κ3) is 2.65. The van der Waals surface area contributed by atoms with Crippen LogP contribution in [0.25, 0.3) is 11.1 Å². The standard InChI is InChI=1S/C24H26N4O2/c1-15-9-23(6-5-21(15)29-2)10-18-4-3-17(19-7-16(11-25)12-27-13-19)8-20(18)24(23)14-30-22(26)28-24/h3-4,7-8,12-13,15,21H,5-6,9-10,14H2,1-2H3,(H2,26,28)/t15-,21-,23-,24-/m0/s1/i2D3,14D2. The number of nitrogens with two attached hydrogens (primary N) is 1. The Labute approximate surface area is 183 Å². The molecule has 2 N–H and O–H groups in total. The van der Waals surface area contributed by atoms with Gasteiger partial charge in [-0.05, 0) is 60.4 Å². The molecule has 1 aromatic heterocycles. The monoisotopic (exact) mass is 407 g/mol. The van der Waals surface area contributed by atoms with Gasteiger partial charge in [0.25, 0.3) is 6.02 Å². The Bertz CT molecular complexity index is 1260. The van der Waals surface area contributed by atoms with Crippen molar-refractivity contribution >= 4 is 6.02 Å². The number of pyridine rings is 1. The van der Waals surface area contributed by atoms with E-state index >= 15 is 0 Å². The summed E-state index contributed by atoms with van der Waals surface area (Å²) in [5, 5.41) is 9.28. The van der Waals surface area contributed by atoms with E-state index in [0.717, 1.165) is 16.7 Å². The molecular weight excluding hydrogens is 376 g/mol. The van der Waals surface area contributed by atoms with Crippen LogP contribution >= 0.6 is 0 Å². The second-order valence-corrected chi connectivity index (χ2v) is 8.64. The van der Waals surface area contributed by atoms with Crippen LogP contribution in [0.15, 0.2) is 41.7 Å². The maximum Gasteiger partial charge on any atom is 0.283 e. The minimum Gasteiger partial charge on any atom is -0.462 e. The first-order chi connectivity index (χ1) is 16.4. The number of rotatable bonds is 2. The van der Waals surface area contributed by atoms with E-state index in [1.165, 1.54) is 6.20 Å². The number of methoxy groups -OCH3 is 1. The summed E-state index contributed by atoms with van der Waals surface area (Å²) in [6.07, 6.45) is 4.72. The Hall–Kier alpha value is -2.91. The summed E-state index contributed by atoms with van der Waals surface area (Å²) >= 11 is 0. The molecule has 1 aliphatic heterocycles. The smallest absolute Gasteiger partial charge is 0.283 e. The van der Waals surface area contributed by atoms with Crippen molar-refractivity contribution in [1.29, 1.82) is 5.26 Å². The zero-order chi connectivity index (χ0) is 25.2. The molecule has 30 heavy (non-hydrogen) atoms. The van der Waals surface area contributed by atoms with E-state index in [-0.39, 0.29) is 11.9 Å². The molecule has 6 nitrogen and oxygen atoms in total. The normalized spacial score (nSPS) is 36.5. The first kappa shape index (κ1) is 14.2. The number of ether oxygens (including phenoxy) is 2. The molecule has 1 aromatic carbocycles. The van der Waals surface area contributed by atoms with Gasteiger partial charge in [-0.25, -0.2) is 4.99 Å². The van der Waals surface area contributed by atoms with Crippen LogP contribution < -0.4 is 5.73 Å². The number of nitrogens with zero attached hydrogens (tertiary/aromatic N) is 3. The van der Waals surface area contributed by atoms with Gasteiger partial charge >= 0.3 is 0 Å². The molecule has 2 aromatic rings. The minimum atomic E-state index is -2.49. The molecule has 2 heterocycles. The molecule has 6 heteroatoms. The molecule has 0 bridgehead atoms. The average Bonchev–Trinajstić information content (AvgIpc) is 3.19. The van der Waals surface area contributed by atoms with E-state index in [0.29, 0.717) is 36.8 Å². The van der Waals surface area contributed by atoms with E-state index in [4.69, 9.17) is 22.1 Å². The van der Waals surface area contributed by atoms with Crippen LogP contribution in [0.2, 0.25) is 0 Å². The van der Waals surface area contributed by atoms with E-state index < -0.39 is 30.7 Å². The number of benzene rings is 1. The molecular formula is C24H26N4O2. The fraction of sp³-hybridized carbons (Fsp3) is 0.458. The largest absolute Gasteiger partial charge is 0.462 e. The van der Waals surface area contributed by atoms with Gasteiger partial charge in [0, 0.05) is 30.4 Å². The highest BCUT2D eigenvalue weighted by Crippen LogP contribution is 2.62. The van der Waals surface area contributed by atoms with Crippen molar-refractivity contribution in [2.24, 2.45) is 22.1 Å². The second kappa shape index (κ2) is 6.82. The van der Waals surface area contributed by atoms with Gasteiger partial charge in [0.15, 0.2) is 0 Å². The van der Waals surface area contributed by atoms with Crippen molar-refractivity contribution in [2.75, 3.05) is 13.6 Å². The number of hydrogen-bond donors (Lipinski definition) is 1. The number of aromatic nitrogens is 1. The highest BCUT2D eigenvalue weighted by atomic mass is 16.5. The summed E-state index contributed by atoms with van der Waals surface area (Å²) in [5.41, 5.74) is 7.53. The van der Waals surface area contributed by atoms with Gasteiger partial charge in [-0.1, -0.05) is 19.1 Å². The Morgan fingerprint density at radius 2 is 2.27 bits per heavy atom. The van der Waals surface area contributed by atoms with Crippen LogP contribution in [0.4, 0.5) is 0 Å². The topological polar surface area (TPSA) is 93.5 Å². The first-order valence-electron chi connectivity index (χ1n) is 12.6. The third-order valence-corrected chi connectivity index (χ3v) is 6.98. The molecule has 154 valence electrons. The van der Waals surface area contributed by atoms with Gasteiger partial charge in [-0.2, -0.15) is 5.26 Å². The van der Waals surface area contributed by atoms with Gasteiger partial charge < -0.3 is 15.2 Å². The van der Waals surface area contributed by atoms with Gasteiger partial charge in [-0.3, -0.25) is 4.98 Å². The van der Waals surface area contributed by atoms with Gasteiger partial charge in [0.05, 0.1) is 18.5 Å². The predicted molar refractivity (Wildman–Crippen MR) is 114 cm³/mol. The van der Waals surface area contributed by atoms with E-state index in [9.17, 15) is 5.26 Å². The lowest BCUT2D eigenvalue weighted by atomic mass is 9.59. The second-order valence-electron chi connectivity index (χ2n) is 8.64. The summed E-state index contributed by atoms with van der Waals surface area (Å²) in [5.74, 6) is -0.140. The highest BCUT2D eigenvalue weighted by molar-refractivity contribution is 5.76. The van der Waals surface area contributed by atoms with Crippen LogP contribution in [0.1, 0.15) is 49.7 Å². The van der Waals surface area contributed by atoms with E-state index in [1.807, 2.05) is 25.1 Å².